The van der Waals surface area contributed by atoms with E-state index in [9.17, 15) is 9.90 Å². The molecule has 0 spiro atoms. The van der Waals surface area contributed by atoms with Crippen molar-refractivity contribution in [3.63, 3.8) is 0 Å². The summed E-state index contributed by atoms with van der Waals surface area (Å²) in [5.41, 5.74) is 4.93. The molecule has 5 rings (SSSR count). The van der Waals surface area contributed by atoms with Gasteiger partial charge in [-0.2, -0.15) is 15.5 Å². The highest BCUT2D eigenvalue weighted by atomic mass is 16.6. The lowest BCUT2D eigenvalue weighted by Gasteiger charge is -2.13. The molecule has 180 valence electrons. The first kappa shape index (κ1) is 22.9. The number of phenolic OH excluding ortho intramolecular Hbond substituents is 1. The summed E-state index contributed by atoms with van der Waals surface area (Å²) in [6.07, 6.45) is 1.75. The van der Waals surface area contributed by atoms with Gasteiger partial charge in [0.2, 0.25) is 0 Å². The Morgan fingerprint density at radius 1 is 1.06 bits per heavy atom. The lowest BCUT2D eigenvalue weighted by molar-refractivity contribution is 0.102. The second-order valence-corrected chi connectivity index (χ2v) is 8.26. The maximum Gasteiger partial charge on any atom is 0.255 e. The summed E-state index contributed by atoms with van der Waals surface area (Å²) in [5.74, 6) is 6.21. The summed E-state index contributed by atoms with van der Waals surface area (Å²) in [7, 11) is 0. The number of hydrogen-bond acceptors (Lipinski definition) is 7. The molecular formula is C27H24N6O3. The van der Waals surface area contributed by atoms with E-state index in [1.807, 2.05) is 49.4 Å². The lowest BCUT2D eigenvalue weighted by atomic mass is 10.1. The largest absolute Gasteiger partial charge is 0.507 e. The molecule has 0 saturated heterocycles. The molecule has 5 aromatic rings. The van der Waals surface area contributed by atoms with Crippen LogP contribution in [-0.4, -0.2) is 25.6 Å². The number of amides is 1. The van der Waals surface area contributed by atoms with Crippen LogP contribution in [0.25, 0.3) is 16.9 Å². The Morgan fingerprint density at radius 2 is 1.89 bits per heavy atom. The van der Waals surface area contributed by atoms with Crippen molar-refractivity contribution in [2.75, 3.05) is 10.6 Å². The van der Waals surface area contributed by atoms with Crippen molar-refractivity contribution in [2.45, 2.75) is 13.5 Å². The van der Waals surface area contributed by atoms with Gasteiger partial charge in [-0.25, -0.2) is 4.98 Å². The zero-order valence-electron chi connectivity index (χ0n) is 19.5. The molecule has 0 aliphatic rings. The third-order valence-electron chi connectivity index (χ3n) is 5.72. The van der Waals surface area contributed by atoms with Gasteiger partial charge in [-0.3, -0.25) is 4.79 Å². The molecule has 0 atom stereocenters. The second-order valence-electron chi connectivity index (χ2n) is 8.26. The normalized spacial score (nSPS) is 10.8. The lowest BCUT2D eigenvalue weighted by Crippen LogP contribution is -2.13. The van der Waals surface area contributed by atoms with E-state index in [4.69, 9.17) is 15.7 Å². The van der Waals surface area contributed by atoms with Crippen molar-refractivity contribution in [3.05, 3.63) is 102 Å². The Kier molecular flexibility index (Phi) is 6.21. The van der Waals surface area contributed by atoms with E-state index in [0.29, 0.717) is 40.4 Å². The van der Waals surface area contributed by atoms with Crippen molar-refractivity contribution in [1.29, 1.82) is 0 Å². The minimum atomic E-state index is -0.269. The van der Waals surface area contributed by atoms with Gasteiger partial charge >= 0.3 is 0 Å². The molecule has 9 heteroatoms. The summed E-state index contributed by atoms with van der Waals surface area (Å²) in [4.78, 5) is 22.1. The molecule has 5 N–H and O–H groups in total. The van der Waals surface area contributed by atoms with E-state index in [2.05, 4.69) is 15.7 Å². The molecule has 9 nitrogen and oxygen atoms in total. The number of benzene rings is 3. The van der Waals surface area contributed by atoms with Gasteiger partial charge < -0.3 is 20.6 Å². The summed E-state index contributed by atoms with van der Waals surface area (Å²) in [6, 6.07) is 23.1. The molecule has 36 heavy (non-hydrogen) atoms. The zero-order chi connectivity index (χ0) is 25.1. The smallest absolute Gasteiger partial charge is 0.255 e. The molecule has 0 radical (unpaired) electrons. The molecule has 1 amide bonds. The van der Waals surface area contributed by atoms with Crippen molar-refractivity contribution >= 4 is 23.1 Å². The zero-order valence-corrected chi connectivity index (χ0v) is 19.5. The first-order chi connectivity index (χ1) is 17.5. The van der Waals surface area contributed by atoms with E-state index in [-0.39, 0.29) is 11.7 Å². The molecule has 3 aromatic carbocycles. The van der Waals surface area contributed by atoms with Gasteiger partial charge in [-0.1, -0.05) is 30.3 Å². The summed E-state index contributed by atoms with van der Waals surface area (Å²) in [5, 5.41) is 21.1. The topological polar surface area (TPSA) is 127 Å². The number of hydrogen-bond donors (Lipinski definition) is 4. The minimum absolute atomic E-state index is 0.157. The monoisotopic (exact) mass is 480 g/mol. The van der Waals surface area contributed by atoms with Crippen LogP contribution in [0.1, 0.15) is 21.5 Å². The van der Waals surface area contributed by atoms with Crippen LogP contribution in [0, 0.1) is 6.92 Å². The number of nitrogens with two attached hydrogens (primary N) is 1. The van der Waals surface area contributed by atoms with Gasteiger partial charge in [-0.05, 0) is 55.0 Å². The van der Waals surface area contributed by atoms with Crippen LogP contribution in [0.15, 0.2) is 85.1 Å². The Bertz CT molecular complexity index is 1560. The fourth-order valence-corrected chi connectivity index (χ4v) is 3.89. The van der Waals surface area contributed by atoms with Crippen molar-refractivity contribution < 1.29 is 14.7 Å². The number of anilines is 2. The van der Waals surface area contributed by atoms with Crippen molar-refractivity contribution in [1.82, 2.24) is 14.6 Å². The fourth-order valence-electron chi connectivity index (χ4n) is 3.89. The highest BCUT2D eigenvalue weighted by Crippen LogP contribution is 2.30. The van der Waals surface area contributed by atoms with Crippen LogP contribution in [0.4, 0.5) is 11.5 Å². The number of carbonyl (C=O) groups excluding carboxylic acids is 1. The van der Waals surface area contributed by atoms with Crippen LogP contribution in [0.5, 0.6) is 11.5 Å². The number of fused-ring (bicyclic) bond motifs is 1. The standard InChI is InChI=1S/C27H24N6O3/c1-17-15-30-33-25(14-23(32-26(17)33)22-10-2-3-11-24(22)34)29-16-18-6-4-8-20(12-18)31-27(35)19-7-5-9-21(13-19)36-28/h2-15,29,34H,16,28H2,1H3,(H,31,35). The maximum absolute atomic E-state index is 12.7. The van der Waals surface area contributed by atoms with Crippen LogP contribution >= 0.6 is 0 Å². The summed E-state index contributed by atoms with van der Waals surface area (Å²) >= 11 is 0. The Balaban J connectivity index is 1.37. The average molecular weight is 481 g/mol. The maximum atomic E-state index is 12.7. The number of para-hydroxylation sites is 1. The summed E-state index contributed by atoms with van der Waals surface area (Å²) in [6.45, 7) is 2.41. The van der Waals surface area contributed by atoms with Crippen LogP contribution in [0.2, 0.25) is 0 Å². The number of carbonyl (C=O) groups is 1. The SMILES string of the molecule is Cc1cnn2c(NCc3cccc(NC(=O)c4cccc(ON)c4)c3)cc(-c3ccccc3O)nc12. The quantitative estimate of drug-likeness (QED) is 0.252. The van der Waals surface area contributed by atoms with Gasteiger partial charge in [0.05, 0.1) is 11.9 Å². The van der Waals surface area contributed by atoms with E-state index in [1.54, 1.807) is 47.1 Å². The molecular weight excluding hydrogens is 456 g/mol. The molecule has 0 bridgehead atoms. The highest BCUT2D eigenvalue weighted by Gasteiger charge is 2.13. The molecule has 0 aliphatic carbocycles. The number of aryl methyl sites for hydroxylation is 1. The van der Waals surface area contributed by atoms with Crippen molar-refractivity contribution in [3.8, 4) is 22.8 Å². The number of rotatable bonds is 7. The van der Waals surface area contributed by atoms with Gasteiger partial charge in [0, 0.05) is 35.0 Å². The van der Waals surface area contributed by atoms with Crippen LogP contribution in [-0.2, 0) is 6.54 Å². The Labute approximate surface area is 207 Å². The van der Waals surface area contributed by atoms with Gasteiger partial charge in [-0.15, -0.1) is 0 Å². The third kappa shape index (κ3) is 4.68. The Hall–Kier alpha value is -4.89. The predicted molar refractivity (Wildman–Crippen MR) is 138 cm³/mol. The second kappa shape index (κ2) is 9.77. The van der Waals surface area contributed by atoms with Crippen LogP contribution in [0.3, 0.4) is 0 Å². The average Bonchev–Trinajstić information content (AvgIpc) is 3.28. The molecule has 2 aromatic heterocycles. The number of aromatic hydroxyl groups is 1. The van der Waals surface area contributed by atoms with Gasteiger partial charge in [0.15, 0.2) is 5.65 Å². The predicted octanol–water partition coefficient (Wildman–Crippen LogP) is 4.53. The number of nitrogens with zero attached hydrogens (tertiary/aromatic N) is 3. The number of aromatic nitrogens is 3. The molecule has 2 heterocycles. The summed E-state index contributed by atoms with van der Waals surface area (Å²) < 4.78 is 1.73. The fraction of sp³-hybridized carbons (Fsp3) is 0.0741. The molecule has 0 unspecified atom stereocenters. The molecule has 0 aliphatic heterocycles. The van der Waals surface area contributed by atoms with E-state index in [1.165, 1.54) is 0 Å². The van der Waals surface area contributed by atoms with Crippen LogP contribution < -0.4 is 21.4 Å². The molecule has 0 saturated carbocycles. The van der Waals surface area contributed by atoms with Crippen molar-refractivity contribution in [2.24, 2.45) is 5.90 Å². The van der Waals surface area contributed by atoms with E-state index >= 15 is 0 Å². The number of nitrogens with one attached hydrogen (secondary N) is 2. The first-order valence-corrected chi connectivity index (χ1v) is 11.3. The third-order valence-corrected chi connectivity index (χ3v) is 5.72. The molecule has 0 fully saturated rings. The van der Waals surface area contributed by atoms with Gasteiger partial charge in [0.1, 0.15) is 17.3 Å². The highest BCUT2D eigenvalue weighted by molar-refractivity contribution is 6.04. The first-order valence-electron chi connectivity index (χ1n) is 11.3. The van der Waals surface area contributed by atoms with Gasteiger partial charge in [0.25, 0.3) is 5.91 Å². The Morgan fingerprint density at radius 3 is 2.72 bits per heavy atom. The van der Waals surface area contributed by atoms with E-state index < -0.39 is 0 Å². The minimum Gasteiger partial charge on any atom is -0.507 e. The number of phenols is 1. The van der Waals surface area contributed by atoms with E-state index in [0.717, 1.165) is 16.9 Å².